The molecule has 2 aromatic rings. The molecule has 0 radical (unpaired) electrons. The number of nitrogens with two attached hydrogens (primary N) is 1. The smallest absolute Gasteiger partial charge is 0.223 e. The molecule has 4 nitrogen and oxygen atoms in total. The zero-order chi connectivity index (χ0) is 14.8. The quantitative estimate of drug-likeness (QED) is 0.888. The third-order valence-corrected chi connectivity index (χ3v) is 5.70. The van der Waals surface area contributed by atoms with Gasteiger partial charge in [0.1, 0.15) is 10.6 Å². The fourth-order valence-corrected chi connectivity index (χ4v) is 4.21. The molecule has 5 heteroatoms. The molecule has 114 valence electrons. The molecule has 0 amide bonds. The van der Waals surface area contributed by atoms with Crippen LogP contribution in [0.3, 0.4) is 0 Å². The van der Waals surface area contributed by atoms with E-state index >= 15 is 0 Å². The zero-order valence-corrected chi connectivity index (χ0v) is 13.7. The summed E-state index contributed by atoms with van der Waals surface area (Å²) in [5, 5.41) is 4.73. The van der Waals surface area contributed by atoms with Crippen LogP contribution in [0, 0.1) is 5.92 Å². The van der Waals surface area contributed by atoms with Crippen LogP contribution in [0.1, 0.15) is 50.8 Å². The first-order chi connectivity index (χ1) is 10.2. The highest BCUT2D eigenvalue weighted by molar-refractivity contribution is 7.18. The van der Waals surface area contributed by atoms with Crippen molar-refractivity contribution in [2.45, 2.75) is 58.4 Å². The highest BCUT2D eigenvalue weighted by atomic mass is 32.1. The Hall–Kier alpha value is -1.36. The second kappa shape index (κ2) is 6.18. The van der Waals surface area contributed by atoms with Crippen molar-refractivity contribution in [1.82, 2.24) is 9.97 Å². The second-order valence-corrected chi connectivity index (χ2v) is 7.16. The Kier molecular flexibility index (Phi) is 4.29. The molecule has 1 saturated carbocycles. The van der Waals surface area contributed by atoms with Gasteiger partial charge >= 0.3 is 0 Å². The van der Waals surface area contributed by atoms with Gasteiger partial charge in [0.2, 0.25) is 5.95 Å². The summed E-state index contributed by atoms with van der Waals surface area (Å²) < 4.78 is 0. The summed E-state index contributed by atoms with van der Waals surface area (Å²) in [5.74, 6) is 2.02. The molecule has 0 spiro atoms. The van der Waals surface area contributed by atoms with E-state index in [0.717, 1.165) is 28.4 Å². The molecule has 21 heavy (non-hydrogen) atoms. The average molecular weight is 304 g/mol. The van der Waals surface area contributed by atoms with Crippen LogP contribution in [-0.2, 0) is 6.42 Å². The lowest BCUT2D eigenvalue weighted by Crippen LogP contribution is -2.28. The van der Waals surface area contributed by atoms with Crippen LogP contribution in [0.15, 0.2) is 6.07 Å². The summed E-state index contributed by atoms with van der Waals surface area (Å²) in [6, 6.07) is 2.64. The largest absolute Gasteiger partial charge is 0.368 e. The Labute approximate surface area is 130 Å². The van der Waals surface area contributed by atoms with E-state index in [1.54, 1.807) is 11.3 Å². The van der Waals surface area contributed by atoms with Crippen LogP contribution >= 0.6 is 11.3 Å². The summed E-state index contributed by atoms with van der Waals surface area (Å²) in [6.45, 7) is 4.44. The van der Waals surface area contributed by atoms with Crippen molar-refractivity contribution < 1.29 is 0 Å². The monoisotopic (exact) mass is 304 g/mol. The van der Waals surface area contributed by atoms with Gasteiger partial charge in [-0.15, -0.1) is 11.3 Å². The van der Waals surface area contributed by atoms with Crippen molar-refractivity contribution >= 4 is 33.3 Å². The van der Waals surface area contributed by atoms with Crippen molar-refractivity contribution in [3.8, 4) is 0 Å². The number of aryl methyl sites for hydroxylation is 1. The molecule has 0 aromatic carbocycles. The van der Waals surface area contributed by atoms with Crippen molar-refractivity contribution in [2.75, 3.05) is 11.1 Å². The third kappa shape index (κ3) is 3.12. The maximum atomic E-state index is 5.87. The number of nitrogen functional groups attached to an aromatic ring is 1. The van der Waals surface area contributed by atoms with Crippen LogP contribution in [0.25, 0.3) is 10.2 Å². The van der Waals surface area contributed by atoms with E-state index in [0.29, 0.717) is 12.0 Å². The molecule has 0 aliphatic heterocycles. The van der Waals surface area contributed by atoms with E-state index in [1.807, 2.05) is 0 Å². The SMILES string of the molecule is CCc1cc2c(NC(C)C3CCCCC3)nc(N)nc2s1. The number of hydrogen-bond donors (Lipinski definition) is 2. The van der Waals surface area contributed by atoms with E-state index in [-0.39, 0.29) is 0 Å². The molecular formula is C16H24N4S. The topological polar surface area (TPSA) is 63.8 Å². The lowest BCUT2D eigenvalue weighted by Gasteiger charge is -2.28. The van der Waals surface area contributed by atoms with Crippen LogP contribution in [-0.4, -0.2) is 16.0 Å². The minimum Gasteiger partial charge on any atom is -0.368 e. The maximum absolute atomic E-state index is 5.87. The van der Waals surface area contributed by atoms with Gasteiger partial charge in [0, 0.05) is 10.9 Å². The van der Waals surface area contributed by atoms with Crippen LogP contribution in [0.2, 0.25) is 0 Å². The van der Waals surface area contributed by atoms with Gasteiger partial charge in [-0.2, -0.15) is 4.98 Å². The van der Waals surface area contributed by atoms with Crippen molar-refractivity contribution in [1.29, 1.82) is 0 Å². The summed E-state index contributed by atoms with van der Waals surface area (Å²) in [4.78, 5) is 11.1. The predicted octanol–water partition coefficient (Wildman–Crippen LogP) is 4.22. The van der Waals surface area contributed by atoms with E-state index in [1.165, 1.54) is 37.0 Å². The molecule has 0 saturated heterocycles. The summed E-state index contributed by atoms with van der Waals surface area (Å²) >= 11 is 1.72. The first-order valence-electron chi connectivity index (χ1n) is 8.00. The van der Waals surface area contributed by atoms with Gasteiger partial charge in [0.25, 0.3) is 0 Å². The minimum atomic E-state index is 0.366. The molecule has 1 unspecified atom stereocenters. The predicted molar refractivity (Wildman–Crippen MR) is 90.9 cm³/mol. The molecule has 1 aliphatic carbocycles. The number of thiophene rings is 1. The average Bonchev–Trinajstić information content (AvgIpc) is 2.91. The number of rotatable bonds is 4. The Balaban J connectivity index is 1.86. The summed E-state index contributed by atoms with van der Waals surface area (Å²) in [6.07, 6.45) is 7.77. The van der Waals surface area contributed by atoms with Gasteiger partial charge in [-0.05, 0) is 38.2 Å². The van der Waals surface area contributed by atoms with Crippen molar-refractivity contribution in [2.24, 2.45) is 5.92 Å². The number of fused-ring (bicyclic) bond motifs is 1. The lowest BCUT2D eigenvalue weighted by molar-refractivity contribution is 0.328. The van der Waals surface area contributed by atoms with Crippen molar-refractivity contribution in [3.63, 3.8) is 0 Å². The molecule has 1 aliphatic rings. The molecule has 3 N–H and O–H groups in total. The highest BCUT2D eigenvalue weighted by Crippen LogP contribution is 2.32. The summed E-state index contributed by atoms with van der Waals surface area (Å²) in [7, 11) is 0. The highest BCUT2D eigenvalue weighted by Gasteiger charge is 2.21. The van der Waals surface area contributed by atoms with E-state index in [9.17, 15) is 0 Å². The first kappa shape index (κ1) is 14.6. The number of aromatic nitrogens is 2. The Morgan fingerprint density at radius 2 is 2.10 bits per heavy atom. The first-order valence-corrected chi connectivity index (χ1v) is 8.81. The second-order valence-electron chi connectivity index (χ2n) is 6.05. The number of anilines is 2. The molecule has 3 rings (SSSR count). The van der Waals surface area contributed by atoms with Crippen LogP contribution in [0.5, 0.6) is 0 Å². The van der Waals surface area contributed by atoms with Gasteiger partial charge in [0.15, 0.2) is 0 Å². The van der Waals surface area contributed by atoms with E-state index in [4.69, 9.17) is 5.73 Å². The van der Waals surface area contributed by atoms with Gasteiger partial charge in [-0.3, -0.25) is 0 Å². The standard InChI is InChI=1S/C16H24N4S/c1-3-12-9-13-14(19-16(17)20-15(13)21-12)18-10(2)11-7-5-4-6-8-11/h9-11H,3-8H2,1-2H3,(H3,17,18,19,20). The van der Waals surface area contributed by atoms with E-state index < -0.39 is 0 Å². The van der Waals surface area contributed by atoms with Crippen LogP contribution in [0.4, 0.5) is 11.8 Å². The van der Waals surface area contributed by atoms with Crippen LogP contribution < -0.4 is 11.1 Å². The van der Waals surface area contributed by atoms with Gasteiger partial charge in [0.05, 0.1) is 5.39 Å². The van der Waals surface area contributed by atoms with Gasteiger partial charge in [-0.1, -0.05) is 26.2 Å². The van der Waals surface area contributed by atoms with Gasteiger partial charge < -0.3 is 11.1 Å². The third-order valence-electron chi connectivity index (χ3n) is 4.53. The number of nitrogens with zero attached hydrogens (tertiary/aromatic N) is 2. The van der Waals surface area contributed by atoms with Crippen molar-refractivity contribution in [3.05, 3.63) is 10.9 Å². The van der Waals surface area contributed by atoms with E-state index in [2.05, 4.69) is 35.2 Å². The maximum Gasteiger partial charge on any atom is 0.223 e. The number of nitrogens with one attached hydrogen (secondary N) is 1. The molecule has 0 bridgehead atoms. The molecule has 2 heterocycles. The zero-order valence-electron chi connectivity index (χ0n) is 12.9. The lowest BCUT2D eigenvalue weighted by atomic mass is 9.84. The molecule has 1 fully saturated rings. The minimum absolute atomic E-state index is 0.366. The molecule has 1 atom stereocenters. The molecular weight excluding hydrogens is 280 g/mol. The normalized spacial score (nSPS) is 18.0. The Morgan fingerprint density at radius 1 is 1.33 bits per heavy atom. The summed E-state index contributed by atoms with van der Waals surface area (Å²) in [5.41, 5.74) is 5.87. The van der Waals surface area contributed by atoms with Gasteiger partial charge in [-0.25, -0.2) is 4.98 Å². The Bertz CT molecular complexity index is 616. The Morgan fingerprint density at radius 3 is 2.81 bits per heavy atom. The fourth-order valence-electron chi connectivity index (χ4n) is 3.24. The fraction of sp³-hybridized carbons (Fsp3) is 0.625. The molecule has 2 aromatic heterocycles. The number of hydrogen-bond acceptors (Lipinski definition) is 5.